The number of ether oxygens (including phenoxy) is 1. The van der Waals surface area contributed by atoms with Crippen molar-refractivity contribution in [3.8, 4) is 17.3 Å². The van der Waals surface area contributed by atoms with E-state index in [2.05, 4.69) is 9.72 Å². The summed E-state index contributed by atoms with van der Waals surface area (Å²) in [5.74, 6) is 0.634. The van der Waals surface area contributed by atoms with Gasteiger partial charge in [0.15, 0.2) is 5.76 Å². The van der Waals surface area contributed by atoms with Crippen LogP contribution in [-0.4, -0.2) is 16.2 Å². The first-order chi connectivity index (χ1) is 9.11. The van der Waals surface area contributed by atoms with Crippen molar-refractivity contribution in [2.24, 2.45) is 0 Å². The van der Waals surface area contributed by atoms with Gasteiger partial charge in [-0.15, -0.1) is 0 Å². The molecule has 100 valence electrons. The molecule has 5 nitrogen and oxygen atoms in total. The van der Waals surface area contributed by atoms with Crippen LogP contribution in [0.25, 0.3) is 11.5 Å². The minimum absolute atomic E-state index is 0.0238. The first-order valence-corrected chi connectivity index (χ1v) is 6.15. The third-order valence-corrected chi connectivity index (χ3v) is 2.76. The van der Waals surface area contributed by atoms with Gasteiger partial charge in [-0.2, -0.15) is 4.98 Å². The fraction of sp³-hybridized carbons (Fsp3) is 0.231. The van der Waals surface area contributed by atoms with Gasteiger partial charge in [0.2, 0.25) is 5.89 Å². The van der Waals surface area contributed by atoms with Crippen LogP contribution in [0, 0.1) is 0 Å². The van der Waals surface area contributed by atoms with Crippen LogP contribution in [-0.2, 0) is 6.42 Å². The minimum atomic E-state index is -1.42. The zero-order valence-corrected chi connectivity index (χ0v) is 11.0. The van der Waals surface area contributed by atoms with Crippen molar-refractivity contribution in [3.05, 3.63) is 35.0 Å². The highest BCUT2D eigenvalue weighted by atomic mass is 35.5. The maximum absolute atomic E-state index is 10.6. The lowest BCUT2D eigenvalue weighted by Gasteiger charge is -1.97. The Morgan fingerprint density at radius 1 is 1.47 bits per heavy atom. The molecule has 0 saturated heterocycles. The quantitative estimate of drug-likeness (QED) is 0.857. The van der Waals surface area contributed by atoms with Crippen molar-refractivity contribution in [1.29, 1.82) is 0 Å². The van der Waals surface area contributed by atoms with E-state index in [-0.39, 0.29) is 11.8 Å². The van der Waals surface area contributed by atoms with E-state index in [0.717, 1.165) is 6.42 Å². The normalized spacial score (nSPS) is 10.4. The third kappa shape index (κ3) is 3.06. The molecule has 2 rings (SSSR count). The Morgan fingerprint density at radius 2 is 2.21 bits per heavy atom. The molecule has 1 heterocycles. The molecule has 0 aliphatic carbocycles. The first-order valence-electron chi connectivity index (χ1n) is 5.77. The van der Waals surface area contributed by atoms with E-state index in [0.29, 0.717) is 22.8 Å². The van der Waals surface area contributed by atoms with Crippen molar-refractivity contribution < 1.29 is 19.1 Å². The number of aryl methyl sites for hydroxylation is 1. The molecule has 0 radical (unpaired) electrons. The minimum Gasteiger partial charge on any atom is -0.449 e. The molecule has 6 heteroatoms. The number of benzene rings is 1. The highest BCUT2D eigenvalue weighted by Gasteiger charge is 2.19. The summed E-state index contributed by atoms with van der Waals surface area (Å²) < 4.78 is 10.1. The van der Waals surface area contributed by atoms with Crippen molar-refractivity contribution >= 4 is 17.8 Å². The number of halogens is 1. The number of carboxylic acid groups (broad SMARTS) is 1. The molecule has 1 aromatic heterocycles. The van der Waals surface area contributed by atoms with Gasteiger partial charge in [-0.05, 0) is 18.6 Å². The molecule has 0 spiro atoms. The van der Waals surface area contributed by atoms with Crippen LogP contribution in [0.15, 0.2) is 28.7 Å². The van der Waals surface area contributed by atoms with Crippen molar-refractivity contribution in [2.75, 3.05) is 0 Å². The number of hydrogen-bond donors (Lipinski definition) is 1. The van der Waals surface area contributed by atoms with Crippen LogP contribution in [0.3, 0.4) is 0 Å². The van der Waals surface area contributed by atoms with E-state index in [1.54, 1.807) is 24.3 Å². The van der Waals surface area contributed by atoms with Gasteiger partial charge in [0, 0.05) is 6.42 Å². The van der Waals surface area contributed by atoms with Gasteiger partial charge < -0.3 is 14.3 Å². The number of hydrogen-bond acceptors (Lipinski definition) is 4. The lowest BCUT2D eigenvalue weighted by atomic mass is 10.2. The molecule has 1 aromatic carbocycles. The number of carbonyl (C=O) groups is 1. The van der Waals surface area contributed by atoms with Crippen molar-refractivity contribution in [3.63, 3.8) is 0 Å². The summed E-state index contributed by atoms with van der Waals surface area (Å²) in [6.45, 7) is 1.95. The Kier molecular flexibility index (Phi) is 4.06. The standard InChI is InChI=1S/C13H12ClNO4/c1-2-5-10-12(19-13(16)17)15-11(18-10)8-6-3-4-7-9(8)14/h3-4,6-7H,2,5H2,1H3,(H,16,17). The van der Waals surface area contributed by atoms with E-state index in [1.807, 2.05) is 6.92 Å². The number of oxazole rings is 1. The topological polar surface area (TPSA) is 72.6 Å². The van der Waals surface area contributed by atoms with E-state index >= 15 is 0 Å². The molecule has 0 fully saturated rings. The average Bonchev–Trinajstić information content (AvgIpc) is 2.72. The maximum atomic E-state index is 10.6. The monoisotopic (exact) mass is 281 g/mol. The summed E-state index contributed by atoms with van der Waals surface area (Å²) in [5, 5.41) is 9.14. The molecular weight excluding hydrogens is 270 g/mol. The molecule has 0 unspecified atom stereocenters. The van der Waals surface area contributed by atoms with Crippen LogP contribution >= 0.6 is 11.6 Å². The van der Waals surface area contributed by atoms with E-state index in [1.165, 1.54) is 0 Å². The maximum Gasteiger partial charge on any atom is 0.512 e. The molecule has 0 aliphatic rings. The largest absolute Gasteiger partial charge is 0.512 e. The summed E-state index contributed by atoms with van der Waals surface area (Å²) in [6.07, 6.45) is -0.0934. The Morgan fingerprint density at radius 3 is 2.84 bits per heavy atom. The first kappa shape index (κ1) is 13.4. The zero-order valence-electron chi connectivity index (χ0n) is 10.2. The molecule has 19 heavy (non-hydrogen) atoms. The molecular formula is C13H12ClNO4. The third-order valence-electron chi connectivity index (χ3n) is 2.43. The summed E-state index contributed by atoms with van der Waals surface area (Å²) in [4.78, 5) is 14.7. The SMILES string of the molecule is CCCc1oc(-c2ccccc2Cl)nc1OC(=O)O. The molecule has 1 N–H and O–H groups in total. The van der Waals surface area contributed by atoms with Crippen LogP contribution < -0.4 is 4.74 Å². The molecule has 2 aromatic rings. The number of nitrogens with zero attached hydrogens (tertiary/aromatic N) is 1. The Hall–Kier alpha value is -2.01. The van der Waals surface area contributed by atoms with Gasteiger partial charge in [0.1, 0.15) is 0 Å². The zero-order chi connectivity index (χ0) is 13.8. The average molecular weight is 282 g/mol. The predicted octanol–water partition coefficient (Wildman–Crippen LogP) is 4.00. The predicted molar refractivity (Wildman–Crippen MR) is 69.6 cm³/mol. The van der Waals surface area contributed by atoms with E-state index < -0.39 is 6.16 Å². The van der Waals surface area contributed by atoms with Crippen molar-refractivity contribution in [1.82, 2.24) is 4.98 Å². The lowest BCUT2D eigenvalue weighted by Crippen LogP contribution is -2.04. The smallest absolute Gasteiger partial charge is 0.449 e. The Bertz CT molecular complexity index is 594. The van der Waals surface area contributed by atoms with Crippen molar-refractivity contribution in [2.45, 2.75) is 19.8 Å². The lowest BCUT2D eigenvalue weighted by molar-refractivity contribution is 0.141. The summed E-state index contributed by atoms with van der Waals surface area (Å²) in [6, 6.07) is 7.03. The van der Waals surface area contributed by atoms with Gasteiger partial charge in [0.25, 0.3) is 5.88 Å². The number of aromatic nitrogens is 1. The Labute approximate surface area is 114 Å². The molecule has 0 saturated carbocycles. The fourth-order valence-corrected chi connectivity index (χ4v) is 1.85. The Balaban J connectivity index is 2.42. The van der Waals surface area contributed by atoms with Gasteiger partial charge in [-0.1, -0.05) is 30.7 Å². The second-order valence-corrected chi connectivity index (χ2v) is 4.25. The molecule has 0 bridgehead atoms. The summed E-state index contributed by atoms with van der Waals surface area (Å²) in [7, 11) is 0. The highest BCUT2D eigenvalue weighted by molar-refractivity contribution is 6.33. The summed E-state index contributed by atoms with van der Waals surface area (Å²) >= 11 is 6.05. The van der Waals surface area contributed by atoms with E-state index in [4.69, 9.17) is 21.1 Å². The van der Waals surface area contributed by atoms with Crippen LogP contribution in [0.5, 0.6) is 5.88 Å². The van der Waals surface area contributed by atoms with Gasteiger partial charge in [0.05, 0.1) is 10.6 Å². The van der Waals surface area contributed by atoms with Gasteiger partial charge >= 0.3 is 6.16 Å². The van der Waals surface area contributed by atoms with E-state index in [9.17, 15) is 4.79 Å². The number of rotatable bonds is 4. The van der Waals surface area contributed by atoms with Gasteiger partial charge in [-0.3, -0.25) is 0 Å². The van der Waals surface area contributed by atoms with Crippen LogP contribution in [0.1, 0.15) is 19.1 Å². The fourth-order valence-electron chi connectivity index (χ4n) is 1.64. The van der Waals surface area contributed by atoms with Crippen LogP contribution in [0.2, 0.25) is 5.02 Å². The summed E-state index contributed by atoms with van der Waals surface area (Å²) in [5.41, 5.74) is 0.599. The van der Waals surface area contributed by atoms with Crippen LogP contribution in [0.4, 0.5) is 4.79 Å². The molecule has 0 aliphatic heterocycles. The van der Waals surface area contributed by atoms with Gasteiger partial charge in [-0.25, -0.2) is 4.79 Å². The molecule has 0 atom stereocenters. The molecule has 0 amide bonds. The highest BCUT2D eigenvalue weighted by Crippen LogP contribution is 2.31. The second kappa shape index (κ2) is 5.75. The second-order valence-electron chi connectivity index (χ2n) is 3.85.